The first kappa shape index (κ1) is 9.43. The summed E-state index contributed by atoms with van der Waals surface area (Å²) < 4.78 is 23.0. The highest BCUT2D eigenvalue weighted by Gasteiger charge is 2.39. The molecule has 0 radical (unpaired) electrons. The number of amides is 1. The van der Waals surface area contributed by atoms with Gasteiger partial charge in [-0.05, 0) is 6.42 Å². The number of nitrogens with zero attached hydrogens (tertiary/aromatic N) is 1. The normalized spacial score (nSPS) is 24.7. The molecule has 1 fully saturated rings. The molecule has 0 aromatic carbocycles. The first-order valence-corrected chi connectivity index (χ1v) is 5.29. The highest BCUT2D eigenvalue weighted by Crippen LogP contribution is 2.20. The molecule has 0 saturated carbocycles. The first-order valence-electron chi connectivity index (χ1n) is 3.44. The molecule has 1 atom stereocenters. The number of rotatable bonds is 2. The van der Waals surface area contributed by atoms with Crippen LogP contribution in [0.4, 0.5) is 0 Å². The maximum Gasteiger partial charge on any atom is 0.252 e. The highest BCUT2D eigenvalue weighted by atomic mass is 32.2. The highest BCUT2D eigenvalue weighted by molar-refractivity contribution is 7.88. The Bertz CT molecular complexity index is 286. The van der Waals surface area contributed by atoms with E-state index in [-0.39, 0.29) is 0 Å². The standard InChI is InChI=1S/C5H11N3O3S/c1-12(10,11)8-3-2-4(8)5(9)7-6/h4H,2-3,6H2,1H3,(H,7,9)/t4-/m1/s1. The van der Waals surface area contributed by atoms with Crippen LogP contribution in [-0.2, 0) is 14.8 Å². The van der Waals surface area contributed by atoms with E-state index in [9.17, 15) is 13.2 Å². The van der Waals surface area contributed by atoms with Crippen LogP contribution >= 0.6 is 0 Å². The van der Waals surface area contributed by atoms with Crippen LogP contribution in [0.1, 0.15) is 6.42 Å². The molecule has 0 aromatic rings. The number of carbonyl (C=O) groups excluding carboxylic acids is 1. The quantitative estimate of drug-likeness (QED) is 0.302. The Labute approximate surface area is 70.7 Å². The molecule has 1 aliphatic rings. The van der Waals surface area contributed by atoms with Gasteiger partial charge in [-0.2, -0.15) is 4.31 Å². The topological polar surface area (TPSA) is 92.5 Å². The molecule has 1 aliphatic heterocycles. The summed E-state index contributed by atoms with van der Waals surface area (Å²) >= 11 is 0. The number of hydrogen-bond donors (Lipinski definition) is 2. The molecular weight excluding hydrogens is 182 g/mol. The van der Waals surface area contributed by atoms with Gasteiger partial charge in [-0.15, -0.1) is 0 Å². The number of nitrogens with one attached hydrogen (secondary N) is 1. The summed E-state index contributed by atoms with van der Waals surface area (Å²) in [4.78, 5) is 10.9. The summed E-state index contributed by atoms with van der Waals surface area (Å²) in [5, 5.41) is 0. The number of hydrogen-bond acceptors (Lipinski definition) is 4. The predicted octanol–water partition coefficient (Wildman–Crippen LogP) is -1.99. The Kier molecular flexibility index (Phi) is 2.36. The van der Waals surface area contributed by atoms with Crippen molar-refractivity contribution in [3.8, 4) is 0 Å². The summed E-state index contributed by atoms with van der Waals surface area (Å²) in [7, 11) is -3.25. The molecule has 7 heteroatoms. The number of hydrazine groups is 1. The summed E-state index contributed by atoms with van der Waals surface area (Å²) in [6, 6.07) is -0.606. The van der Waals surface area contributed by atoms with E-state index < -0.39 is 22.0 Å². The Morgan fingerprint density at radius 2 is 2.25 bits per heavy atom. The smallest absolute Gasteiger partial charge is 0.252 e. The second-order valence-electron chi connectivity index (χ2n) is 2.69. The van der Waals surface area contributed by atoms with Crippen LogP contribution in [0.2, 0.25) is 0 Å². The van der Waals surface area contributed by atoms with E-state index in [0.717, 1.165) is 10.6 Å². The van der Waals surface area contributed by atoms with Crippen molar-refractivity contribution in [1.82, 2.24) is 9.73 Å². The summed E-state index contributed by atoms with van der Waals surface area (Å²) in [6.45, 7) is 0.400. The van der Waals surface area contributed by atoms with Crippen molar-refractivity contribution >= 4 is 15.9 Å². The Morgan fingerprint density at radius 1 is 1.67 bits per heavy atom. The van der Waals surface area contributed by atoms with E-state index in [1.807, 2.05) is 5.43 Å². The van der Waals surface area contributed by atoms with Crippen LogP contribution in [0.3, 0.4) is 0 Å². The van der Waals surface area contributed by atoms with Crippen molar-refractivity contribution in [3.05, 3.63) is 0 Å². The van der Waals surface area contributed by atoms with Crippen molar-refractivity contribution in [2.24, 2.45) is 5.84 Å². The fourth-order valence-corrected chi connectivity index (χ4v) is 2.22. The lowest BCUT2D eigenvalue weighted by Gasteiger charge is -2.36. The molecular formula is C5H11N3O3S. The summed E-state index contributed by atoms with van der Waals surface area (Å²) in [5.41, 5.74) is 1.92. The minimum absolute atomic E-state index is 0.400. The number of nitrogens with two attached hydrogens (primary N) is 1. The molecule has 3 N–H and O–H groups in total. The fraction of sp³-hybridized carbons (Fsp3) is 0.800. The molecule has 1 heterocycles. The molecule has 0 aliphatic carbocycles. The van der Waals surface area contributed by atoms with Crippen molar-refractivity contribution < 1.29 is 13.2 Å². The molecule has 0 unspecified atom stereocenters. The van der Waals surface area contributed by atoms with Crippen molar-refractivity contribution in [3.63, 3.8) is 0 Å². The predicted molar refractivity (Wildman–Crippen MR) is 42.3 cm³/mol. The molecule has 6 nitrogen and oxygen atoms in total. The van der Waals surface area contributed by atoms with Gasteiger partial charge in [0, 0.05) is 6.54 Å². The zero-order valence-electron chi connectivity index (χ0n) is 6.65. The molecule has 1 rings (SSSR count). The van der Waals surface area contributed by atoms with Crippen LogP contribution in [0.25, 0.3) is 0 Å². The van der Waals surface area contributed by atoms with Gasteiger partial charge in [0.15, 0.2) is 0 Å². The third-order valence-corrected chi connectivity index (χ3v) is 3.13. The average Bonchev–Trinajstić information content (AvgIpc) is 1.80. The van der Waals surface area contributed by atoms with E-state index in [0.29, 0.717) is 13.0 Å². The molecule has 0 spiro atoms. The van der Waals surface area contributed by atoms with Gasteiger partial charge in [-0.1, -0.05) is 0 Å². The second-order valence-corrected chi connectivity index (χ2v) is 4.62. The largest absolute Gasteiger partial charge is 0.293 e. The molecule has 1 amide bonds. The zero-order valence-corrected chi connectivity index (χ0v) is 7.47. The molecule has 12 heavy (non-hydrogen) atoms. The lowest BCUT2D eigenvalue weighted by molar-refractivity contribution is -0.127. The number of sulfonamides is 1. The van der Waals surface area contributed by atoms with Crippen molar-refractivity contribution in [2.45, 2.75) is 12.5 Å². The zero-order chi connectivity index (χ0) is 9.35. The van der Waals surface area contributed by atoms with Gasteiger partial charge < -0.3 is 0 Å². The van der Waals surface area contributed by atoms with Crippen LogP contribution in [0.5, 0.6) is 0 Å². The van der Waals surface area contributed by atoms with E-state index in [2.05, 4.69) is 0 Å². The summed E-state index contributed by atoms with van der Waals surface area (Å²) in [5.74, 6) is 4.41. The van der Waals surface area contributed by atoms with Gasteiger partial charge in [-0.25, -0.2) is 14.3 Å². The molecule has 70 valence electrons. The van der Waals surface area contributed by atoms with Gasteiger partial charge >= 0.3 is 0 Å². The van der Waals surface area contributed by atoms with Crippen LogP contribution in [0.15, 0.2) is 0 Å². The third-order valence-electron chi connectivity index (χ3n) is 1.84. The van der Waals surface area contributed by atoms with Crippen molar-refractivity contribution in [1.29, 1.82) is 0 Å². The first-order chi connectivity index (χ1) is 5.46. The van der Waals surface area contributed by atoms with E-state index in [1.165, 1.54) is 0 Å². The van der Waals surface area contributed by atoms with E-state index in [4.69, 9.17) is 5.84 Å². The second kappa shape index (κ2) is 3.00. The van der Waals surface area contributed by atoms with Gasteiger partial charge in [0.05, 0.1) is 6.26 Å². The molecule has 1 saturated heterocycles. The van der Waals surface area contributed by atoms with Gasteiger partial charge in [-0.3, -0.25) is 10.2 Å². The Balaban J connectivity index is 2.68. The monoisotopic (exact) mass is 193 g/mol. The van der Waals surface area contributed by atoms with Crippen molar-refractivity contribution in [2.75, 3.05) is 12.8 Å². The summed E-state index contributed by atoms with van der Waals surface area (Å²) in [6.07, 6.45) is 1.61. The van der Waals surface area contributed by atoms with Gasteiger partial charge in [0.2, 0.25) is 10.0 Å². The Morgan fingerprint density at radius 3 is 2.50 bits per heavy atom. The lowest BCUT2D eigenvalue weighted by atomic mass is 10.1. The maximum absolute atomic E-state index is 10.9. The van der Waals surface area contributed by atoms with Gasteiger partial charge in [0.25, 0.3) is 5.91 Å². The maximum atomic E-state index is 10.9. The van der Waals surface area contributed by atoms with Crippen LogP contribution < -0.4 is 11.3 Å². The van der Waals surface area contributed by atoms with Gasteiger partial charge in [0.1, 0.15) is 6.04 Å². The SMILES string of the molecule is CS(=O)(=O)N1CC[C@@H]1C(=O)NN. The number of carbonyl (C=O) groups is 1. The molecule has 0 aromatic heterocycles. The minimum atomic E-state index is -3.25. The van der Waals surface area contributed by atoms with Crippen LogP contribution in [-0.4, -0.2) is 37.5 Å². The lowest BCUT2D eigenvalue weighted by Crippen LogP contribution is -2.58. The Hall–Kier alpha value is -0.660. The minimum Gasteiger partial charge on any atom is -0.293 e. The average molecular weight is 193 g/mol. The fourth-order valence-electron chi connectivity index (χ4n) is 1.12. The molecule has 0 bridgehead atoms. The van der Waals surface area contributed by atoms with E-state index >= 15 is 0 Å². The van der Waals surface area contributed by atoms with E-state index in [1.54, 1.807) is 0 Å². The third kappa shape index (κ3) is 1.57. The van der Waals surface area contributed by atoms with Crippen LogP contribution in [0, 0.1) is 0 Å².